The summed E-state index contributed by atoms with van der Waals surface area (Å²) in [6.45, 7) is 0.606. The van der Waals surface area contributed by atoms with Crippen LogP contribution in [0, 0.1) is 5.92 Å². The van der Waals surface area contributed by atoms with Crippen LogP contribution >= 0.6 is 0 Å². The number of carbonyl (C=O) groups is 1. The summed E-state index contributed by atoms with van der Waals surface area (Å²) in [7, 11) is 0. The summed E-state index contributed by atoms with van der Waals surface area (Å²) < 4.78 is 28.5. The molecule has 1 aliphatic carbocycles. The molecule has 3 rings (SSSR count). The number of hydrogen-bond acceptors (Lipinski definition) is 4. The van der Waals surface area contributed by atoms with Gasteiger partial charge in [-0.15, -0.1) is 0 Å². The molecule has 1 aromatic heterocycles. The highest BCUT2D eigenvalue weighted by molar-refractivity contribution is 5.85. The van der Waals surface area contributed by atoms with E-state index in [0.717, 1.165) is 12.0 Å². The number of amides is 1. The van der Waals surface area contributed by atoms with Crippen LogP contribution in [0.4, 0.5) is 14.6 Å². The summed E-state index contributed by atoms with van der Waals surface area (Å²) in [6, 6.07) is 3.66. The van der Waals surface area contributed by atoms with Gasteiger partial charge in [0.2, 0.25) is 0 Å². The average molecular weight is 339 g/mol. The molecule has 0 bridgehead atoms. The van der Waals surface area contributed by atoms with Crippen molar-refractivity contribution in [2.75, 3.05) is 18.8 Å². The molecule has 1 aliphatic heterocycles. The lowest BCUT2D eigenvalue weighted by molar-refractivity contribution is -0.224. The van der Waals surface area contributed by atoms with Gasteiger partial charge >= 0.3 is 5.92 Å². The van der Waals surface area contributed by atoms with Crippen molar-refractivity contribution in [2.45, 2.75) is 50.0 Å². The van der Waals surface area contributed by atoms with Crippen molar-refractivity contribution in [2.24, 2.45) is 5.92 Å². The summed E-state index contributed by atoms with van der Waals surface area (Å²) in [5.74, 6) is -4.11. The molecule has 3 N–H and O–H groups in total. The zero-order chi connectivity index (χ0) is 17.4. The molecule has 2 aliphatic rings. The number of halogens is 2. The van der Waals surface area contributed by atoms with Crippen molar-refractivity contribution in [1.29, 1.82) is 0 Å². The maximum atomic E-state index is 14.3. The van der Waals surface area contributed by atoms with Crippen LogP contribution < -0.4 is 5.73 Å². The zero-order valence-corrected chi connectivity index (χ0v) is 13.5. The van der Waals surface area contributed by atoms with Crippen molar-refractivity contribution in [3.63, 3.8) is 0 Å². The van der Waals surface area contributed by atoms with Crippen LogP contribution in [0.1, 0.15) is 37.7 Å². The molecule has 7 heteroatoms. The Balaban J connectivity index is 1.54. The molecule has 1 aromatic rings. The molecule has 1 saturated carbocycles. The molecule has 132 valence electrons. The monoisotopic (exact) mass is 339 g/mol. The molecule has 5 nitrogen and oxygen atoms in total. The first-order valence-electron chi connectivity index (χ1n) is 8.42. The van der Waals surface area contributed by atoms with Gasteiger partial charge < -0.3 is 15.7 Å². The highest BCUT2D eigenvalue weighted by atomic mass is 19.3. The smallest absolute Gasteiger partial charge is 0.352 e. The van der Waals surface area contributed by atoms with Gasteiger partial charge in [-0.25, -0.2) is 4.98 Å². The second-order valence-corrected chi connectivity index (χ2v) is 6.99. The lowest BCUT2D eigenvalue weighted by Gasteiger charge is -2.44. The number of nitrogens with two attached hydrogens (primary N) is 1. The van der Waals surface area contributed by atoms with Gasteiger partial charge in [0.05, 0.1) is 0 Å². The first-order chi connectivity index (χ1) is 11.3. The fraction of sp³-hybridized carbons (Fsp3) is 0.647. The molecule has 1 saturated heterocycles. The molecule has 0 atom stereocenters. The summed E-state index contributed by atoms with van der Waals surface area (Å²) in [6.07, 6.45) is 4.40. The van der Waals surface area contributed by atoms with E-state index in [2.05, 4.69) is 4.98 Å². The molecular weight excluding hydrogens is 316 g/mol. The summed E-state index contributed by atoms with van der Waals surface area (Å²) >= 11 is 0. The Bertz CT molecular complexity index is 594. The second-order valence-electron chi connectivity index (χ2n) is 6.99. The highest BCUT2D eigenvalue weighted by Crippen LogP contribution is 2.45. The van der Waals surface area contributed by atoms with Crippen LogP contribution in [0.5, 0.6) is 0 Å². The number of carbonyl (C=O) groups excluding carboxylic acids is 1. The van der Waals surface area contributed by atoms with Gasteiger partial charge in [0.25, 0.3) is 5.91 Å². The quantitative estimate of drug-likeness (QED) is 0.879. The third kappa shape index (κ3) is 3.09. The number of rotatable bonds is 4. The lowest BCUT2D eigenvalue weighted by atomic mass is 9.74. The Hall–Kier alpha value is -1.76. The van der Waals surface area contributed by atoms with Crippen LogP contribution in [0.3, 0.4) is 0 Å². The van der Waals surface area contributed by atoms with Gasteiger partial charge in [0.1, 0.15) is 11.4 Å². The van der Waals surface area contributed by atoms with E-state index >= 15 is 0 Å². The van der Waals surface area contributed by atoms with E-state index in [0.29, 0.717) is 44.1 Å². The number of anilines is 1. The van der Waals surface area contributed by atoms with Crippen LogP contribution in [0.2, 0.25) is 0 Å². The van der Waals surface area contributed by atoms with Gasteiger partial charge in [-0.2, -0.15) is 8.78 Å². The number of pyridine rings is 1. The minimum atomic E-state index is -3.68. The van der Waals surface area contributed by atoms with Crippen molar-refractivity contribution < 1.29 is 18.7 Å². The van der Waals surface area contributed by atoms with Crippen LogP contribution in [0.25, 0.3) is 0 Å². The molecule has 0 unspecified atom stereocenters. The number of likely N-dealkylation sites (tertiary alicyclic amines) is 1. The molecule has 0 spiro atoms. The maximum Gasteiger partial charge on any atom is 0.352 e. The van der Waals surface area contributed by atoms with Crippen molar-refractivity contribution >= 4 is 11.7 Å². The molecule has 2 fully saturated rings. The van der Waals surface area contributed by atoms with Crippen molar-refractivity contribution in [3.05, 3.63) is 23.9 Å². The first kappa shape index (κ1) is 17.1. The summed E-state index contributed by atoms with van der Waals surface area (Å²) in [5.41, 5.74) is 4.47. The van der Waals surface area contributed by atoms with Crippen LogP contribution in [0.15, 0.2) is 18.3 Å². The van der Waals surface area contributed by atoms with Crippen molar-refractivity contribution in [3.8, 4) is 0 Å². The SMILES string of the molecule is Nc1ccc(CC2CCN(C(=O)C(F)(F)C3(O)CCC3)CC2)cn1. The fourth-order valence-electron chi connectivity index (χ4n) is 3.45. The predicted octanol–water partition coefficient (Wildman–Crippen LogP) is 2.00. The topological polar surface area (TPSA) is 79.5 Å². The molecular formula is C17H23F2N3O2. The largest absolute Gasteiger partial charge is 0.384 e. The predicted molar refractivity (Wildman–Crippen MR) is 85.4 cm³/mol. The van der Waals surface area contributed by atoms with Gasteiger partial charge in [0, 0.05) is 19.3 Å². The number of aliphatic hydroxyl groups is 1. The first-order valence-corrected chi connectivity index (χ1v) is 8.42. The third-order valence-electron chi connectivity index (χ3n) is 5.31. The lowest BCUT2D eigenvalue weighted by Crippen LogP contribution is -2.62. The van der Waals surface area contributed by atoms with Gasteiger partial charge in [-0.3, -0.25) is 4.79 Å². The van der Waals surface area contributed by atoms with E-state index < -0.39 is 17.4 Å². The van der Waals surface area contributed by atoms with Crippen LogP contribution in [-0.2, 0) is 11.2 Å². The molecule has 24 heavy (non-hydrogen) atoms. The Morgan fingerprint density at radius 1 is 1.38 bits per heavy atom. The van der Waals surface area contributed by atoms with Gasteiger partial charge in [0.15, 0.2) is 0 Å². The van der Waals surface area contributed by atoms with E-state index in [9.17, 15) is 18.7 Å². The van der Waals surface area contributed by atoms with E-state index in [1.807, 2.05) is 6.07 Å². The van der Waals surface area contributed by atoms with Gasteiger partial charge in [-0.05, 0) is 56.1 Å². The normalized spacial score (nSPS) is 21.4. The van der Waals surface area contributed by atoms with Gasteiger partial charge in [-0.1, -0.05) is 6.07 Å². The molecule has 0 radical (unpaired) electrons. The Morgan fingerprint density at radius 3 is 2.54 bits per heavy atom. The Morgan fingerprint density at radius 2 is 2.04 bits per heavy atom. The number of hydrogen-bond donors (Lipinski definition) is 2. The number of piperidine rings is 1. The number of nitrogen functional groups attached to an aromatic ring is 1. The Kier molecular flexibility index (Phi) is 4.46. The zero-order valence-electron chi connectivity index (χ0n) is 13.5. The summed E-state index contributed by atoms with van der Waals surface area (Å²) in [5, 5.41) is 9.89. The third-order valence-corrected chi connectivity index (χ3v) is 5.31. The standard InChI is InChI=1S/C17H23F2N3O2/c18-17(19,16(24)6-1-7-16)15(23)22-8-4-12(5-9-22)10-13-2-3-14(20)21-11-13/h2-3,11-12,24H,1,4-10H2,(H2,20,21). The number of alkyl halides is 2. The average Bonchev–Trinajstić information content (AvgIpc) is 2.54. The maximum absolute atomic E-state index is 14.3. The van der Waals surface area contributed by atoms with Crippen molar-refractivity contribution in [1.82, 2.24) is 9.88 Å². The minimum absolute atomic E-state index is 0.00760. The fourth-order valence-corrected chi connectivity index (χ4v) is 3.45. The molecule has 2 heterocycles. The molecule has 1 amide bonds. The number of aromatic nitrogens is 1. The summed E-state index contributed by atoms with van der Waals surface area (Å²) in [4.78, 5) is 17.4. The van der Waals surface area contributed by atoms with E-state index in [-0.39, 0.29) is 12.8 Å². The number of nitrogens with zero attached hydrogens (tertiary/aromatic N) is 2. The van der Waals surface area contributed by atoms with E-state index in [1.54, 1.807) is 12.3 Å². The van der Waals surface area contributed by atoms with E-state index in [1.165, 1.54) is 4.90 Å². The molecule has 0 aromatic carbocycles. The Labute approximate surface area is 139 Å². The second kappa shape index (κ2) is 6.27. The van der Waals surface area contributed by atoms with E-state index in [4.69, 9.17) is 5.73 Å². The minimum Gasteiger partial charge on any atom is -0.384 e. The highest BCUT2D eigenvalue weighted by Gasteiger charge is 2.62. The van der Waals surface area contributed by atoms with Crippen LogP contribution in [-0.4, -0.2) is 45.5 Å².